The van der Waals surface area contributed by atoms with Crippen LogP contribution in [0.2, 0.25) is 0 Å². The first kappa shape index (κ1) is 16.7. The van der Waals surface area contributed by atoms with Crippen LogP contribution in [0.1, 0.15) is 29.1 Å². The van der Waals surface area contributed by atoms with Crippen LogP contribution in [0.5, 0.6) is 6.01 Å². The molecule has 0 aliphatic carbocycles. The van der Waals surface area contributed by atoms with Crippen LogP contribution in [0.25, 0.3) is 0 Å². The highest BCUT2D eigenvalue weighted by atomic mass is 16.5. The van der Waals surface area contributed by atoms with Crippen molar-refractivity contribution in [2.45, 2.75) is 45.9 Å². The summed E-state index contributed by atoms with van der Waals surface area (Å²) in [6.07, 6.45) is 6.31. The molecule has 0 bridgehead atoms. The van der Waals surface area contributed by atoms with Crippen molar-refractivity contribution < 1.29 is 9.26 Å². The first-order chi connectivity index (χ1) is 12.7. The number of aromatic nitrogens is 5. The van der Waals surface area contributed by atoms with Crippen LogP contribution < -0.4 is 4.74 Å². The van der Waals surface area contributed by atoms with Crippen LogP contribution in [-0.4, -0.2) is 42.5 Å². The molecule has 0 aromatic carbocycles. The molecule has 3 aromatic rings. The van der Waals surface area contributed by atoms with Crippen molar-refractivity contribution in [2.75, 3.05) is 6.61 Å². The van der Waals surface area contributed by atoms with Gasteiger partial charge in [0, 0.05) is 50.3 Å². The Hall–Kier alpha value is -2.74. The van der Waals surface area contributed by atoms with Crippen LogP contribution in [-0.2, 0) is 19.6 Å². The predicted molar refractivity (Wildman–Crippen MR) is 93.4 cm³/mol. The molecule has 1 aliphatic heterocycles. The van der Waals surface area contributed by atoms with E-state index in [1.54, 1.807) is 12.4 Å². The highest BCUT2D eigenvalue weighted by Gasteiger charge is 2.26. The average Bonchev–Trinajstić information content (AvgIpc) is 3.21. The number of hydrogen-bond donors (Lipinski definition) is 0. The summed E-state index contributed by atoms with van der Waals surface area (Å²) in [7, 11) is 0. The summed E-state index contributed by atoms with van der Waals surface area (Å²) in [6.45, 7) is 6.73. The molecule has 0 N–H and O–H groups in total. The molecular formula is C18H22N6O2. The molecule has 0 radical (unpaired) electrons. The molecule has 1 unspecified atom stereocenters. The van der Waals surface area contributed by atoms with E-state index in [2.05, 4.69) is 35.9 Å². The molecule has 1 atom stereocenters. The van der Waals surface area contributed by atoms with E-state index in [0.717, 1.165) is 36.5 Å². The highest BCUT2D eigenvalue weighted by Crippen LogP contribution is 2.20. The minimum Gasteiger partial charge on any atom is -0.462 e. The number of rotatable bonds is 5. The molecule has 0 fully saturated rings. The normalized spacial score (nSPS) is 17.7. The lowest BCUT2D eigenvalue weighted by Crippen LogP contribution is -2.38. The first-order valence-electron chi connectivity index (χ1n) is 8.76. The SMILES string of the molecule is Cc1cnc(OCC2CCn3nccc3CN2Cc2cc(C)on2)nc1. The molecule has 0 spiro atoms. The van der Waals surface area contributed by atoms with Crippen molar-refractivity contribution in [2.24, 2.45) is 0 Å². The molecule has 1 aliphatic rings. The minimum absolute atomic E-state index is 0.207. The quantitative estimate of drug-likeness (QED) is 0.694. The van der Waals surface area contributed by atoms with Crippen molar-refractivity contribution in [3.63, 3.8) is 0 Å². The summed E-state index contributed by atoms with van der Waals surface area (Å²) in [5.41, 5.74) is 3.13. The maximum absolute atomic E-state index is 5.87. The number of nitrogens with zero attached hydrogens (tertiary/aromatic N) is 6. The van der Waals surface area contributed by atoms with Gasteiger partial charge in [-0.15, -0.1) is 0 Å². The minimum atomic E-state index is 0.207. The summed E-state index contributed by atoms with van der Waals surface area (Å²) in [5, 5.41) is 8.56. The maximum atomic E-state index is 5.87. The number of fused-ring (bicyclic) bond motifs is 1. The summed E-state index contributed by atoms with van der Waals surface area (Å²) in [5.74, 6) is 0.820. The van der Waals surface area contributed by atoms with E-state index in [0.29, 0.717) is 19.2 Å². The molecule has 8 nitrogen and oxygen atoms in total. The summed E-state index contributed by atoms with van der Waals surface area (Å²) >= 11 is 0. The standard InChI is InChI=1S/C18H22N6O2/c1-13-8-19-18(20-9-13)25-12-17-4-6-24-16(3-5-21-24)11-23(17)10-15-7-14(2)26-22-15/h3,5,7-9,17H,4,6,10-12H2,1-2H3. The largest absolute Gasteiger partial charge is 0.462 e. The van der Waals surface area contributed by atoms with Crippen molar-refractivity contribution in [1.82, 2.24) is 29.8 Å². The van der Waals surface area contributed by atoms with Crippen molar-refractivity contribution in [1.29, 1.82) is 0 Å². The second kappa shape index (κ2) is 7.25. The van der Waals surface area contributed by atoms with Crippen LogP contribution in [0, 0.1) is 13.8 Å². The van der Waals surface area contributed by atoms with Gasteiger partial charge in [0.1, 0.15) is 12.4 Å². The second-order valence-electron chi connectivity index (χ2n) is 6.68. The van der Waals surface area contributed by atoms with E-state index < -0.39 is 0 Å². The van der Waals surface area contributed by atoms with Gasteiger partial charge >= 0.3 is 6.01 Å². The molecule has 136 valence electrons. The van der Waals surface area contributed by atoms with E-state index in [9.17, 15) is 0 Å². The lowest BCUT2D eigenvalue weighted by Gasteiger charge is -2.28. The number of hydrogen-bond acceptors (Lipinski definition) is 7. The van der Waals surface area contributed by atoms with Gasteiger partial charge in [0.25, 0.3) is 0 Å². The smallest absolute Gasteiger partial charge is 0.316 e. The van der Waals surface area contributed by atoms with Gasteiger partial charge in [0.2, 0.25) is 0 Å². The van der Waals surface area contributed by atoms with Gasteiger partial charge in [-0.1, -0.05) is 5.16 Å². The van der Waals surface area contributed by atoms with E-state index >= 15 is 0 Å². The molecule has 4 heterocycles. The van der Waals surface area contributed by atoms with Crippen LogP contribution in [0.3, 0.4) is 0 Å². The third-order valence-corrected chi connectivity index (χ3v) is 4.56. The number of aryl methyl sites for hydroxylation is 3. The molecule has 8 heteroatoms. The lowest BCUT2D eigenvalue weighted by molar-refractivity contribution is 0.111. The highest BCUT2D eigenvalue weighted by molar-refractivity contribution is 5.08. The Morgan fingerprint density at radius 3 is 2.88 bits per heavy atom. The van der Waals surface area contributed by atoms with Gasteiger partial charge in [-0.25, -0.2) is 9.97 Å². The zero-order valence-corrected chi connectivity index (χ0v) is 15.0. The Labute approximate surface area is 151 Å². The molecule has 26 heavy (non-hydrogen) atoms. The van der Waals surface area contributed by atoms with Crippen molar-refractivity contribution >= 4 is 0 Å². The molecular weight excluding hydrogens is 332 g/mol. The Morgan fingerprint density at radius 2 is 2.12 bits per heavy atom. The summed E-state index contributed by atoms with van der Waals surface area (Å²) in [6, 6.07) is 4.66. The Morgan fingerprint density at radius 1 is 1.27 bits per heavy atom. The topological polar surface area (TPSA) is 82.1 Å². The molecule has 0 saturated carbocycles. The predicted octanol–water partition coefficient (Wildman–Crippen LogP) is 2.13. The third kappa shape index (κ3) is 3.75. The molecule has 3 aromatic heterocycles. The van der Waals surface area contributed by atoms with Crippen molar-refractivity contribution in [3.8, 4) is 6.01 Å². The molecule has 0 saturated heterocycles. The molecule has 4 rings (SSSR count). The van der Waals surface area contributed by atoms with Crippen LogP contribution in [0.15, 0.2) is 35.2 Å². The van der Waals surface area contributed by atoms with Crippen LogP contribution in [0.4, 0.5) is 0 Å². The van der Waals surface area contributed by atoms with E-state index in [1.807, 2.05) is 26.1 Å². The maximum Gasteiger partial charge on any atom is 0.316 e. The first-order valence-corrected chi connectivity index (χ1v) is 8.76. The second-order valence-corrected chi connectivity index (χ2v) is 6.68. The fraction of sp³-hybridized carbons (Fsp3) is 0.444. The number of ether oxygens (including phenoxy) is 1. The monoisotopic (exact) mass is 354 g/mol. The van der Waals surface area contributed by atoms with Gasteiger partial charge in [-0.2, -0.15) is 5.10 Å². The Kier molecular flexibility index (Phi) is 4.66. The summed E-state index contributed by atoms with van der Waals surface area (Å²) < 4.78 is 13.1. The third-order valence-electron chi connectivity index (χ3n) is 4.56. The fourth-order valence-corrected chi connectivity index (χ4v) is 3.19. The van der Waals surface area contributed by atoms with E-state index in [4.69, 9.17) is 9.26 Å². The van der Waals surface area contributed by atoms with Gasteiger partial charge in [-0.3, -0.25) is 9.58 Å². The van der Waals surface area contributed by atoms with E-state index in [1.165, 1.54) is 5.69 Å². The average molecular weight is 354 g/mol. The molecule has 0 amide bonds. The lowest BCUT2D eigenvalue weighted by atomic mass is 10.1. The van der Waals surface area contributed by atoms with Crippen molar-refractivity contribution in [3.05, 3.63) is 53.4 Å². The van der Waals surface area contributed by atoms with Gasteiger partial charge < -0.3 is 9.26 Å². The van der Waals surface area contributed by atoms with Gasteiger partial charge in [0.05, 0.1) is 11.4 Å². The zero-order valence-electron chi connectivity index (χ0n) is 15.0. The van der Waals surface area contributed by atoms with Gasteiger partial charge in [0.15, 0.2) is 0 Å². The van der Waals surface area contributed by atoms with Gasteiger partial charge in [-0.05, 0) is 31.9 Å². The van der Waals surface area contributed by atoms with E-state index in [-0.39, 0.29) is 6.04 Å². The zero-order chi connectivity index (χ0) is 17.9. The Bertz CT molecular complexity index is 857. The fourth-order valence-electron chi connectivity index (χ4n) is 3.19. The van der Waals surface area contributed by atoms with Crippen LogP contribution >= 0.6 is 0 Å². The summed E-state index contributed by atoms with van der Waals surface area (Å²) in [4.78, 5) is 10.8. The Balaban J connectivity index is 1.49.